The predicted molar refractivity (Wildman–Crippen MR) is 85.2 cm³/mol. The quantitative estimate of drug-likeness (QED) is 0.713. The first-order valence-electron chi connectivity index (χ1n) is 7.65. The van der Waals surface area contributed by atoms with Crippen LogP contribution in [-0.2, 0) is 21.6 Å². The SMILES string of the molecule is CC(C)COc1ccc(CN2CC(CS(=O)(=O)F)CC2=O)cc1. The number of ether oxygens (including phenoxy) is 1. The van der Waals surface area contributed by atoms with Gasteiger partial charge in [-0.25, -0.2) is 0 Å². The van der Waals surface area contributed by atoms with Crippen molar-refractivity contribution in [2.45, 2.75) is 26.8 Å². The van der Waals surface area contributed by atoms with E-state index in [0.29, 0.717) is 19.1 Å². The number of halogens is 1. The number of rotatable bonds is 7. The molecule has 0 aliphatic carbocycles. The number of amides is 1. The first-order chi connectivity index (χ1) is 10.7. The standard InChI is InChI=1S/C16H22FNO4S/c1-12(2)10-22-15-5-3-13(4-6-15)8-18-9-14(7-16(18)19)11-23(17,20)21/h3-6,12,14H,7-11H2,1-2H3. The molecular formula is C16H22FNO4S. The van der Waals surface area contributed by atoms with Gasteiger partial charge in [0.25, 0.3) is 0 Å². The molecule has 1 aromatic rings. The molecule has 1 atom stereocenters. The smallest absolute Gasteiger partial charge is 0.302 e. The van der Waals surface area contributed by atoms with Gasteiger partial charge in [0.1, 0.15) is 5.75 Å². The van der Waals surface area contributed by atoms with E-state index < -0.39 is 21.9 Å². The van der Waals surface area contributed by atoms with Crippen LogP contribution in [0.15, 0.2) is 24.3 Å². The van der Waals surface area contributed by atoms with Crippen molar-refractivity contribution < 1.29 is 21.8 Å². The molecule has 128 valence electrons. The van der Waals surface area contributed by atoms with Crippen LogP contribution in [0, 0.1) is 11.8 Å². The van der Waals surface area contributed by atoms with Crippen LogP contribution in [0.2, 0.25) is 0 Å². The summed E-state index contributed by atoms with van der Waals surface area (Å²) in [6.45, 7) is 5.45. The van der Waals surface area contributed by atoms with Gasteiger partial charge in [-0.1, -0.05) is 26.0 Å². The van der Waals surface area contributed by atoms with E-state index in [1.807, 2.05) is 24.3 Å². The Kier molecular flexibility index (Phi) is 5.62. The molecule has 0 bridgehead atoms. The van der Waals surface area contributed by atoms with Crippen LogP contribution in [0.25, 0.3) is 0 Å². The van der Waals surface area contributed by atoms with Crippen LogP contribution in [0.1, 0.15) is 25.8 Å². The highest BCUT2D eigenvalue weighted by molar-refractivity contribution is 7.86. The minimum Gasteiger partial charge on any atom is -0.493 e. The molecule has 1 aliphatic rings. The molecule has 0 N–H and O–H groups in total. The van der Waals surface area contributed by atoms with Gasteiger partial charge >= 0.3 is 10.2 Å². The zero-order chi connectivity index (χ0) is 17.0. The molecule has 0 saturated carbocycles. The molecule has 2 rings (SSSR count). The van der Waals surface area contributed by atoms with E-state index in [0.717, 1.165) is 11.3 Å². The second-order valence-electron chi connectivity index (χ2n) is 6.40. The molecule has 1 saturated heterocycles. The second kappa shape index (κ2) is 7.29. The summed E-state index contributed by atoms with van der Waals surface area (Å²) in [6.07, 6.45) is 0.0821. The van der Waals surface area contributed by atoms with Crippen molar-refractivity contribution in [3.05, 3.63) is 29.8 Å². The first-order valence-corrected chi connectivity index (χ1v) is 9.20. The molecule has 1 fully saturated rings. The van der Waals surface area contributed by atoms with E-state index in [9.17, 15) is 17.1 Å². The molecule has 0 spiro atoms. The Morgan fingerprint density at radius 2 is 1.96 bits per heavy atom. The summed E-state index contributed by atoms with van der Waals surface area (Å²) in [7, 11) is -4.54. The number of hydrogen-bond acceptors (Lipinski definition) is 4. The largest absolute Gasteiger partial charge is 0.493 e. The van der Waals surface area contributed by atoms with Crippen molar-refractivity contribution in [2.75, 3.05) is 18.9 Å². The lowest BCUT2D eigenvalue weighted by atomic mass is 10.1. The molecule has 1 aliphatic heterocycles. The molecule has 1 amide bonds. The molecule has 23 heavy (non-hydrogen) atoms. The van der Waals surface area contributed by atoms with Crippen LogP contribution in [0.5, 0.6) is 5.75 Å². The molecule has 0 radical (unpaired) electrons. The van der Waals surface area contributed by atoms with Crippen LogP contribution in [0.4, 0.5) is 3.89 Å². The van der Waals surface area contributed by atoms with E-state index >= 15 is 0 Å². The van der Waals surface area contributed by atoms with Gasteiger partial charge in [0.05, 0.1) is 12.4 Å². The van der Waals surface area contributed by atoms with Gasteiger partial charge in [0, 0.05) is 25.4 Å². The molecular weight excluding hydrogens is 321 g/mol. The zero-order valence-corrected chi connectivity index (χ0v) is 14.2. The van der Waals surface area contributed by atoms with E-state index in [2.05, 4.69) is 13.8 Å². The molecule has 5 nitrogen and oxygen atoms in total. The summed E-state index contributed by atoms with van der Waals surface area (Å²) in [6, 6.07) is 7.45. The van der Waals surface area contributed by atoms with Gasteiger partial charge in [-0.2, -0.15) is 8.42 Å². The molecule has 1 aromatic carbocycles. The number of carbonyl (C=O) groups is 1. The maximum atomic E-state index is 12.7. The Morgan fingerprint density at radius 3 is 2.52 bits per heavy atom. The monoisotopic (exact) mass is 343 g/mol. The molecule has 1 unspecified atom stereocenters. The Hall–Kier alpha value is -1.63. The molecule has 0 aromatic heterocycles. The number of benzene rings is 1. The number of carbonyl (C=O) groups excluding carboxylic acids is 1. The van der Waals surface area contributed by atoms with Crippen molar-refractivity contribution in [1.29, 1.82) is 0 Å². The maximum Gasteiger partial charge on any atom is 0.302 e. The number of likely N-dealkylation sites (tertiary alicyclic amines) is 1. The van der Waals surface area contributed by atoms with Crippen LogP contribution < -0.4 is 4.74 Å². The predicted octanol–water partition coefficient (Wildman–Crippen LogP) is 2.37. The Labute approximate surface area is 136 Å². The lowest BCUT2D eigenvalue weighted by molar-refractivity contribution is -0.128. The van der Waals surface area contributed by atoms with E-state index in [1.54, 1.807) is 4.90 Å². The average Bonchev–Trinajstić information content (AvgIpc) is 2.75. The highest BCUT2D eigenvalue weighted by Crippen LogP contribution is 2.23. The number of hydrogen-bond donors (Lipinski definition) is 0. The van der Waals surface area contributed by atoms with Crippen LogP contribution in [0.3, 0.4) is 0 Å². The van der Waals surface area contributed by atoms with E-state index in [1.165, 1.54) is 0 Å². The Balaban J connectivity index is 1.90. The van der Waals surface area contributed by atoms with Gasteiger partial charge in [-0.15, -0.1) is 3.89 Å². The third-order valence-corrected chi connectivity index (χ3v) is 4.48. The fourth-order valence-corrected chi connectivity index (χ4v) is 3.36. The highest BCUT2D eigenvalue weighted by atomic mass is 32.3. The Morgan fingerprint density at radius 1 is 1.30 bits per heavy atom. The first kappa shape index (κ1) is 17.7. The summed E-state index contributed by atoms with van der Waals surface area (Å²) < 4.78 is 39.7. The fourth-order valence-electron chi connectivity index (χ4n) is 2.57. The normalized spacial score (nSPS) is 18.7. The summed E-state index contributed by atoms with van der Waals surface area (Å²) in [4.78, 5) is 13.5. The van der Waals surface area contributed by atoms with Crippen molar-refractivity contribution in [3.8, 4) is 5.75 Å². The highest BCUT2D eigenvalue weighted by Gasteiger charge is 2.32. The topological polar surface area (TPSA) is 63.7 Å². The minimum absolute atomic E-state index is 0.0821. The lowest BCUT2D eigenvalue weighted by Crippen LogP contribution is -2.25. The van der Waals surface area contributed by atoms with Gasteiger partial charge in [-0.05, 0) is 23.6 Å². The third-order valence-electron chi connectivity index (χ3n) is 3.61. The van der Waals surface area contributed by atoms with E-state index in [-0.39, 0.29) is 18.9 Å². The maximum absolute atomic E-state index is 12.7. The van der Waals surface area contributed by atoms with Crippen molar-refractivity contribution in [1.82, 2.24) is 4.90 Å². The summed E-state index contributed by atoms with van der Waals surface area (Å²) in [5, 5.41) is 0. The van der Waals surface area contributed by atoms with Crippen LogP contribution in [-0.4, -0.2) is 38.1 Å². The second-order valence-corrected chi connectivity index (χ2v) is 7.81. The van der Waals surface area contributed by atoms with Gasteiger partial charge < -0.3 is 9.64 Å². The van der Waals surface area contributed by atoms with Crippen molar-refractivity contribution in [3.63, 3.8) is 0 Å². The molecule has 7 heteroatoms. The van der Waals surface area contributed by atoms with Gasteiger partial charge in [0.15, 0.2) is 0 Å². The summed E-state index contributed by atoms with van der Waals surface area (Å²) >= 11 is 0. The van der Waals surface area contributed by atoms with Gasteiger partial charge in [0.2, 0.25) is 5.91 Å². The van der Waals surface area contributed by atoms with Crippen LogP contribution >= 0.6 is 0 Å². The minimum atomic E-state index is -4.54. The van der Waals surface area contributed by atoms with Crippen molar-refractivity contribution >= 4 is 16.1 Å². The van der Waals surface area contributed by atoms with Gasteiger partial charge in [-0.3, -0.25) is 4.79 Å². The summed E-state index contributed by atoms with van der Waals surface area (Å²) in [5.74, 6) is 0.0270. The summed E-state index contributed by atoms with van der Waals surface area (Å²) in [5.41, 5.74) is 0.930. The average molecular weight is 343 g/mol. The van der Waals surface area contributed by atoms with E-state index in [4.69, 9.17) is 4.74 Å². The lowest BCUT2D eigenvalue weighted by Gasteiger charge is -2.17. The molecule has 1 heterocycles. The number of nitrogens with zero attached hydrogens (tertiary/aromatic N) is 1. The fraction of sp³-hybridized carbons (Fsp3) is 0.562. The zero-order valence-electron chi connectivity index (χ0n) is 13.4. The third kappa shape index (κ3) is 5.82. The van der Waals surface area contributed by atoms with Crippen molar-refractivity contribution in [2.24, 2.45) is 11.8 Å². The Bertz CT molecular complexity index is 643.